The Morgan fingerprint density at radius 3 is 2.78 bits per heavy atom. The van der Waals surface area contributed by atoms with Crippen LogP contribution in [0.15, 0.2) is 35.9 Å². The third-order valence-electron chi connectivity index (χ3n) is 3.61. The van der Waals surface area contributed by atoms with E-state index in [-0.39, 0.29) is 0 Å². The van der Waals surface area contributed by atoms with E-state index < -0.39 is 0 Å². The van der Waals surface area contributed by atoms with Crippen LogP contribution in [-0.4, -0.2) is 12.6 Å². The average Bonchev–Trinajstić information content (AvgIpc) is 2.42. The Bertz CT molecular complexity index is 411. The van der Waals surface area contributed by atoms with E-state index in [1.165, 1.54) is 31.2 Å². The van der Waals surface area contributed by atoms with E-state index in [1.807, 2.05) is 12.1 Å². The molecule has 0 saturated heterocycles. The number of benzene rings is 1. The molecule has 0 aliphatic heterocycles. The van der Waals surface area contributed by atoms with Gasteiger partial charge in [-0.2, -0.15) is 0 Å². The predicted molar refractivity (Wildman–Crippen MR) is 79.2 cm³/mol. The maximum Gasteiger partial charge on any atom is 0.0438 e. The number of hydrogen-bond acceptors (Lipinski definition) is 1. The Morgan fingerprint density at radius 2 is 2.11 bits per heavy atom. The van der Waals surface area contributed by atoms with Crippen molar-refractivity contribution in [3.8, 4) is 0 Å². The van der Waals surface area contributed by atoms with Crippen molar-refractivity contribution in [3.63, 3.8) is 0 Å². The van der Waals surface area contributed by atoms with Crippen molar-refractivity contribution in [2.75, 3.05) is 6.54 Å². The van der Waals surface area contributed by atoms with Crippen molar-refractivity contribution in [3.05, 3.63) is 46.5 Å². The van der Waals surface area contributed by atoms with Crippen molar-refractivity contribution in [1.82, 2.24) is 5.32 Å². The summed E-state index contributed by atoms with van der Waals surface area (Å²) in [7, 11) is 0. The zero-order valence-corrected chi connectivity index (χ0v) is 11.8. The van der Waals surface area contributed by atoms with Crippen LogP contribution in [0.25, 0.3) is 0 Å². The third kappa shape index (κ3) is 3.60. The fourth-order valence-electron chi connectivity index (χ4n) is 2.64. The zero-order valence-electron chi connectivity index (χ0n) is 11.1. The molecule has 0 heterocycles. The van der Waals surface area contributed by atoms with Crippen molar-refractivity contribution in [1.29, 1.82) is 0 Å². The van der Waals surface area contributed by atoms with Crippen molar-refractivity contribution >= 4 is 11.6 Å². The van der Waals surface area contributed by atoms with Crippen LogP contribution < -0.4 is 5.32 Å². The van der Waals surface area contributed by atoms with Gasteiger partial charge in [-0.05, 0) is 50.3 Å². The minimum atomic E-state index is 0.454. The highest BCUT2D eigenvalue weighted by atomic mass is 35.5. The van der Waals surface area contributed by atoms with Crippen LogP contribution in [0.5, 0.6) is 0 Å². The van der Waals surface area contributed by atoms with Crippen LogP contribution in [0.2, 0.25) is 5.02 Å². The van der Waals surface area contributed by atoms with Crippen molar-refractivity contribution in [2.24, 2.45) is 0 Å². The Morgan fingerprint density at radius 1 is 1.28 bits per heavy atom. The van der Waals surface area contributed by atoms with E-state index in [4.69, 9.17) is 11.6 Å². The first-order valence-corrected chi connectivity index (χ1v) is 7.34. The first-order chi connectivity index (χ1) is 8.81. The molecule has 18 heavy (non-hydrogen) atoms. The Hall–Kier alpha value is -0.790. The largest absolute Gasteiger partial charge is 0.310 e. The van der Waals surface area contributed by atoms with Crippen LogP contribution in [0, 0.1) is 0 Å². The molecule has 1 atom stereocenters. The molecular weight excluding hydrogens is 242 g/mol. The van der Waals surface area contributed by atoms with E-state index in [2.05, 4.69) is 30.4 Å². The third-order valence-corrected chi connectivity index (χ3v) is 3.97. The summed E-state index contributed by atoms with van der Waals surface area (Å²) in [5.74, 6) is 0. The number of halogens is 1. The molecule has 0 bridgehead atoms. The molecule has 1 unspecified atom stereocenters. The second kappa shape index (κ2) is 6.96. The highest BCUT2D eigenvalue weighted by Crippen LogP contribution is 2.24. The molecule has 1 nitrogen and oxygen atoms in total. The lowest BCUT2D eigenvalue weighted by molar-refractivity contribution is 0.541. The molecule has 1 aliphatic carbocycles. The van der Waals surface area contributed by atoms with E-state index in [9.17, 15) is 0 Å². The van der Waals surface area contributed by atoms with Gasteiger partial charge in [0, 0.05) is 11.1 Å². The molecule has 98 valence electrons. The van der Waals surface area contributed by atoms with Gasteiger partial charge in [-0.1, -0.05) is 48.4 Å². The molecule has 2 rings (SSSR count). The summed E-state index contributed by atoms with van der Waals surface area (Å²) in [6.07, 6.45) is 8.57. The van der Waals surface area contributed by atoms with Gasteiger partial charge in [-0.15, -0.1) is 0 Å². The first kappa shape index (κ1) is 13.6. The van der Waals surface area contributed by atoms with Gasteiger partial charge in [-0.3, -0.25) is 0 Å². The van der Waals surface area contributed by atoms with Crippen LogP contribution >= 0.6 is 11.6 Å². The van der Waals surface area contributed by atoms with Gasteiger partial charge in [0.1, 0.15) is 0 Å². The lowest BCUT2D eigenvalue weighted by Crippen LogP contribution is -2.33. The van der Waals surface area contributed by atoms with Gasteiger partial charge in [0.2, 0.25) is 0 Å². The molecule has 0 radical (unpaired) electrons. The van der Waals surface area contributed by atoms with Crippen LogP contribution in [-0.2, 0) is 6.42 Å². The Balaban J connectivity index is 2.11. The molecular formula is C16H22ClN. The standard InChI is InChI=1S/C16H22ClN/c1-2-18-16(13-8-4-3-5-9-13)12-14-10-6-7-11-15(14)17/h6-8,10-11,16,18H,2-5,9,12H2,1H3. The van der Waals surface area contributed by atoms with Gasteiger partial charge in [0.05, 0.1) is 0 Å². The summed E-state index contributed by atoms with van der Waals surface area (Å²) in [6.45, 7) is 3.18. The number of likely N-dealkylation sites (N-methyl/N-ethyl adjacent to an activating group) is 1. The molecule has 0 aromatic heterocycles. The summed E-state index contributed by atoms with van der Waals surface area (Å²) in [5.41, 5.74) is 2.82. The molecule has 1 aromatic rings. The summed E-state index contributed by atoms with van der Waals surface area (Å²) in [6, 6.07) is 8.63. The molecule has 0 saturated carbocycles. The van der Waals surface area contributed by atoms with Crippen LogP contribution in [0.1, 0.15) is 38.2 Å². The number of allylic oxidation sites excluding steroid dienone is 1. The van der Waals surface area contributed by atoms with E-state index in [0.29, 0.717) is 6.04 Å². The molecule has 1 aromatic carbocycles. The highest BCUT2D eigenvalue weighted by molar-refractivity contribution is 6.31. The molecule has 0 spiro atoms. The maximum atomic E-state index is 6.26. The second-order valence-electron chi connectivity index (χ2n) is 4.93. The van der Waals surface area contributed by atoms with Crippen LogP contribution in [0.4, 0.5) is 0 Å². The van der Waals surface area contributed by atoms with Crippen LogP contribution in [0.3, 0.4) is 0 Å². The number of rotatable bonds is 5. The van der Waals surface area contributed by atoms with Gasteiger partial charge in [0.25, 0.3) is 0 Å². The smallest absolute Gasteiger partial charge is 0.0438 e. The topological polar surface area (TPSA) is 12.0 Å². The second-order valence-corrected chi connectivity index (χ2v) is 5.34. The van der Waals surface area contributed by atoms with Gasteiger partial charge in [-0.25, -0.2) is 0 Å². The molecule has 2 heteroatoms. The van der Waals surface area contributed by atoms with Crippen molar-refractivity contribution < 1.29 is 0 Å². The SMILES string of the molecule is CCNC(Cc1ccccc1Cl)C1=CCCCC1. The highest BCUT2D eigenvalue weighted by Gasteiger charge is 2.16. The fourth-order valence-corrected chi connectivity index (χ4v) is 2.86. The molecule has 1 N–H and O–H groups in total. The summed E-state index contributed by atoms with van der Waals surface area (Å²) < 4.78 is 0. The Kier molecular flexibility index (Phi) is 5.27. The Labute approximate surface area is 115 Å². The first-order valence-electron chi connectivity index (χ1n) is 6.97. The molecule has 1 aliphatic rings. The van der Waals surface area contributed by atoms with Gasteiger partial charge < -0.3 is 5.32 Å². The minimum absolute atomic E-state index is 0.454. The normalized spacial score (nSPS) is 17.3. The lowest BCUT2D eigenvalue weighted by Gasteiger charge is -2.24. The van der Waals surface area contributed by atoms with E-state index in [1.54, 1.807) is 5.57 Å². The summed E-state index contributed by atoms with van der Waals surface area (Å²) in [5, 5.41) is 4.49. The van der Waals surface area contributed by atoms with E-state index in [0.717, 1.165) is 18.0 Å². The monoisotopic (exact) mass is 263 g/mol. The number of nitrogens with one attached hydrogen (secondary N) is 1. The van der Waals surface area contributed by atoms with E-state index >= 15 is 0 Å². The average molecular weight is 264 g/mol. The summed E-state index contributed by atoms with van der Waals surface area (Å²) in [4.78, 5) is 0. The van der Waals surface area contributed by atoms with Crippen molar-refractivity contribution in [2.45, 2.75) is 45.1 Å². The summed E-state index contributed by atoms with van der Waals surface area (Å²) >= 11 is 6.26. The fraction of sp³-hybridized carbons (Fsp3) is 0.500. The molecule has 0 amide bonds. The van der Waals surface area contributed by atoms with Gasteiger partial charge in [0.15, 0.2) is 0 Å². The lowest BCUT2D eigenvalue weighted by atomic mass is 9.90. The minimum Gasteiger partial charge on any atom is -0.310 e. The zero-order chi connectivity index (χ0) is 12.8. The number of hydrogen-bond donors (Lipinski definition) is 1. The molecule has 0 fully saturated rings. The predicted octanol–water partition coefficient (Wildman–Crippen LogP) is 4.36. The van der Waals surface area contributed by atoms with Gasteiger partial charge >= 0.3 is 0 Å². The maximum absolute atomic E-state index is 6.26. The quantitative estimate of drug-likeness (QED) is 0.779.